The highest BCUT2D eigenvalue weighted by atomic mass is 15.2. The first-order valence-electron chi connectivity index (χ1n) is 19.2. The number of fused-ring (bicyclic) bond motifs is 8. The number of rotatable bonds is 4. The number of hydrogen-bond donors (Lipinski definition) is 0. The van der Waals surface area contributed by atoms with Crippen molar-refractivity contribution in [3.05, 3.63) is 172 Å². The zero-order valence-electron chi connectivity index (χ0n) is 30.0. The summed E-state index contributed by atoms with van der Waals surface area (Å²) in [5.41, 5.74) is 19.8. The third-order valence-electron chi connectivity index (χ3n) is 12.8. The highest BCUT2D eigenvalue weighted by Crippen LogP contribution is 2.58. The van der Waals surface area contributed by atoms with Crippen LogP contribution >= 0.6 is 0 Å². The maximum atomic E-state index is 2.57. The molecule has 2 aliphatic heterocycles. The van der Waals surface area contributed by atoms with Crippen LogP contribution in [0.2, 0.25) is 0 Å². The first-order chi connectivity index (χ1) is 25.0. The maximum absolute atomic E-state index is 2.57. The van der Waals surface area contributed by atoms with Gasteiger partial charge in [-0.15, -0.1) is 0 Å². The van der Waals surface area contributed by atoms with Crippen molar-refractivity contribution in [3.63, 3.8) is 0 Å². The monoisotopic (exact) mass is 662 g/mol. The third kappa shape index (κ3) is 4.75. The predicted octanol–water partition coefficient (Wildman–Crippen LogP) is 12.7. The highest BCUT2D eigenvalue weighted by Gasteiger charge is 2.45. The summed E-state index contributed by atoms with van der Waals surface area (Å²) < 4.78 is 0. The van der Waals surface area contributed by atoms with Crippen LogP contribution in [0.25, 0.3) is 17.2 Å². The van der Waals surface area contributed by atoms with Gasteiger partial charge >= 0.3 is 0 Å². The minimum atomic E-state index is -0.0290. The molecule has 5 aliphatic rings. The van der Waals surface area contributed by atoms with Crippen LogP contribution in [-0.4, -0.2) is 6.54 Å². The van der Waals surface area contributed by atoms with Gasteiger partial charge in [0.25, 0.3) is 0 Å². The van der Waals surface area contributed by atoms with E-state index in [2.05, 4.69) is 157 Å². The highest BCUT2D eigenvalue weighted by molar-refractivity contribution is 5.85. The Bertz CT molecular complexity index is 2240. The van der Waals surface area contributed by atoms with Gasteiger partial charge in [0.15, 0.2) is 0 Å². The lowest BCUT2D eigenvalue weighted by Crippen LogP contribution is -2.32. The first kappa shape index (κ1) is 30.7. The van der Waals surface area contributed by atoms with Crippen molar-refractivity contribution in [2.24, 2.45) is 0 Å². The fraction of sp³-hybridized carbons (Fsp3) is 0.265. The molecule has 1 fully saturated rings. The SMILES string of the molecule is CC1(C)c2ccccc2N(C2=CC=C(C=Cc3ccc4c(c3)C3(CCCC3)c3cc(N5CCCc6ccccc65)ccc3-4)CC2)c2ccccc21. The lowest BCUT2D eigenvalue weighted by Gasteiger charge is -2.43. The Morgan fingerprint density at radius 3 is 1.96 bits per heavy atom. The molecular formula is C49H46N2. The quantitative estimate of drug-likeness (QED) is 0.189. The van der Waals surface area contributed by atoms with Crippen LogP contribution in [0.5, 0.6) is 0 Å². The van der Waals surface area contributed by atoms with Crippen LogP contribution in [0, 0.1) is 0 Å². The van der Waals surface area contributed by atoms with Gasteiger partial charge in [-0.05, 0) is 125 Å². The zero-order chi connectivity index (χ0) is 34.2. The summed E-state index contributed by atoms with van der Waals surface area (Å²) in [4.78, 5) is 5.09. The van der Waals surface area contributed by atoms with E-state index in [1.807, 2.05) is 0 Å². The lowest BCUT2D eigenvalue weighted by molar-refractivity contribution is 0.549. The number of benzene rings is 5. The fourth-order valence-corrected chi connectivity index (χ4v) is 10.2. The standard InChI is InChI=1S/C49H46N2/c1-48(2)41-14-4-7-17-46(41)51(47-18-8-5-15-42(47)48)37-24-21-34(22-25-37)19-20-35-23-27-39-40-28-26-38(50-31-11-13-36-12-3-6-16-45(36)50)33-44(40)49(43(39)32-35)29-9-10-30-49/h3-8,12,14-21,23-24,26-28,32-33H,9-11,13,22,25,29-31H2,1-2H3. The number of aryl methyl sites for hydroxylation is 1. The summed E-state index contributed by atoms with van der Waals surface area (Å²) in [5.74, 6) is 0. The van der Waals surface area contributed by atoms with Gasteiger partial charge in [0.2, 0.25) is 0 Å². The van der Waals surface area contributed by atoms with E-state index in [-0.39, 0.29) is 10.8 Å². The number of hydrogen-bond acceptors (Lipinski definition) is 2. The molecular weight excluding hydrogens is 617 g/mol. The van der Waals surface area contributed by atoms with Gasteiger partial charge in [-0.3, -0.25) is 0 Å². The van der Waals surface area contributed by atoms with Crippen molar-refractivity contribution >= 4 is 28.8 Å². The second-order valence-corrected chi connectivity index (χ2v) is 15.9. The number of allylic oxidation sites excluding steroid dienone is 5. The van der Waals surface area contributed by atoms with Crippen molar-refractivity contribution in [2.75, 3.05) is 16.3 Å². The number of nitrogens with zero attached hydrogens (tertiary/aromatic N) is 2. The lowest BCUT2D eigenvalue weighted by atomic mass is 9.73. The van der Waals surface area contributed by atoms with Crippen LogP contribution in [-0.2, 0) is 17.3 Å². The largest absolute Gasteiger partial charge is 0.341 e. The van der Waals surface area contributed by atoms with Crippen LogP contribution in [0.1, 0.15) is 92.2 Å². The van der Waals surface area contributed by atoms with Crippen molar-refractivity contribution in [1.82, 2.24) is 0 Å². The molecule has 0 unspecified atom stereocenters. The summed E-state index contributed by atoms with van der Waals surface area (Å²) in [6.45, 7) is 5.81. The van der Waals surface area contributed by atoms with E-state index in [0.717, 1.165) is 19.4 Å². The Hall–Kier alpha value is -5.08. The van der Waals surface area contributed by atoms with Gasteiger partial charge in [0, 0.05) is 45.8 Å². The van der Waals surface area contributed by atoms with Gasteiger partial charge in [0.1, 0.15) is 0 Å². The number of para-hydroxylation sites is 3. The number of anilines is 4. The Labute approximate surface area is 303 Å². The summed E-state index contributed by atoms with van der Waals surface area (Å²) >= 11 is 0. The van der Waals surface area contributed by atoms with E-state index >= 15 is 0 Å². The molecule has 252 valence electrons. The summed E-state index contributed by atoms with van der Waals surface area (Å²) in [5, 5.41) is 0. The average Bonchev–Trinajstić information content (AvgIpc) is 3.78. The molecule has 0 N–H and O–H groups in total. The van der Waals surface area contributed by atoms with Crippen LogP contribution < -0.4 is 9.80 Å². The Kier molecular flexibility index (Phi) is 7.07. The molecule has 0 amide bonds. The zero-order valence-corrected chi connectivity index (χ0v) is 30.0. The predicted molar refractivity (Wildman–Crippen MR) is 214 cm³/mol. The molecule has 2 nitrogen and oxygen atoms in total. The van der Waals surface area contributed by atoms with Gasteiger partial charge < -0.3 is 9.80 Å². The molecule has 5 aromatic rings. The van der Waals surface area contributed by atoms with Gasteiger partial charge in [-0.1, -0.05) is 124 Å². The summed E-state index contributed by atoms with van der Waals surface area (Å²) in [7, 11) is 0. The minimum absolute atomic E-state index is 0.0290. The second-order valence-electron chi connectivity index (χ2n) is 15.9. The van der Waals surface area contributed by atoms with Gasteiger partial charge in [-0.2, -0.15) is 0 Å². The van der Waals surface area contributed by atoms with Crippen LogP contribution in [0.3, 0.4) is 0 Å². The third-order valence-corrected chi connectivity index (χ3v) is 12.8. The molecule has 51 heavy (non-hydrogen) atoms. The van der Waals surface area contributed by atoms with Crippen LogP contribution in [0.4, 0.5) is 22.7 Å². The molecule has 2 heterocycles. The fourth-order valence-electron chi connectivity index (χ4n) is 10.2. The molecule has 3 aliphatic carbocycles. The van der Waals surface area contributed by atoms with Crippen LogP contribution in [0.15, 0.2) is 139 Å². The summed E-state index contributed by atoms with van der Waals surface area (Å²) in [6, 6.07) is 41.6. The summed E-state index contributed by atoms with van der Waals surface area (Å²) in [6.07, 6.45) is 19.0. The van der Waals surface area contributed by atoms with E-state index in [4.69, 9.17) is 0 Å². The Morgan fingerprint density at radius 1 is 0.569 bits per heavy atom. The second kappa shape index (κ2) is 11.7. The molecule has 0 atom stereocenters. The Morgan fingerprint density at radius 2 is 1.24 bits per heavy atom. The van der Waals surface area contributed by atoms with E-state index in [0.29, 0.717) is 0 Å². The molecule has 0 saturated heterocycles. The van der Waals surface area contributed by atoms with Crippen molar-refractivity contribution in [1.29, 1.82) is 0 Å². The topological polar surface area (TPSA) is 6.48 Å². The average molecular weight is 663 g/mol. The first-order valence-corrected chi connectivity index (χ1v) is 19.2. The minimum Gasteiger partial charge on any atom is -0.341 e. The van der Waals surface area contributed by atoms with Crippen molar-refractivity contribution < 1.29 is 0 Å². The maximum Gasteiger partial charge on any atom is 0.0499 e. The van der Waals surface area contributed by atoms with E-state index in [1.54, 1.807) is 11.1 Å². The Balaban J connectivity index is 0.951. The molecule has 1 saturated carbocycles. The molecule has 10 rings (SSSR count). The van der Waals surface area contributed by atoms with E-state index in [1.165, 1.54) is 106 Å². The van der Waals surface area contributed by atoms with Crippen molar-refractivity contribution in [3.8, 4) is 11.1 Å². The molecule has 0 radical (unpaired) electrons. The molecule has 5 aromatic carbocycles. The molecule has 0 aromatic heterocycles. The van der Waals surface area contributed by atoms with E-state index < -0.39 is 0 Å². The smallest absolute Gasteiger partial charge is 0.0499 e. The molecule has 2 heteroatoms. The normalized spacial score (nSPS) is 19.3. The molecule has 1 spiro atoms. The van der Waals surface area contributed by atoms with Gasteiger partial charge in [-0.25, -0.2) is 0 Å². The van der Waals surface area contributed by atoms with Crippen molar-refractivity contribution in [2.45, 2.75) is 76.0 Å². The van der Waals surface area contributed by atoms with E-state index in [9.17, 15) is 0 Å². The van der Waals surface area contributed by atoms with Gasteiger partial charge in [0.05, 0.1) is 0 Å². The molecule has 0 bridgehead atoms.